The third-order valence-corrected chi connectivity index (χ3v) is 2.47. The van der Waals surface area contributed by atoms with Gasteiger partial charge in [-0.2, -0.15) is 0 Å². The van der Waals surface area contributed by atoms with Gasteiger partial charge >= 0.3 is 0 Å². The number of benzene rings is 1. The van der Waals surface area contributed by atoms with Crippen molar-refractivity contribution in [2.45, 2.75) is 12.5 Å². The van der Waals surface area contributed by atoms with Gasteiger partial charge in [0.2, 0.25) is 5.90 Å². The second-order valence-corrected chi connectivity index (χ2v) is 4.14. The maximum absolute atomic E-state index is 9.12. The van der Waals surface area contributed by atoms with Crippen molar-refractivity contribution >= 4 is 12.0 Å². The Morgan fingerprint density at radius 1 is 1.38 bits per heavy atom. The number of hydrogen-bond acceptors (Lipinski definition) is 3. The molecule has 0 bridgehead atoms. The van der Waals surface area contributed by atoms with E-state index in [1.807, 2.05) is 49.4 Å². The molecule has 1 aromatic carbocycles. The Balaban J connectivity index is 2.07. The fourth-order valence-electron chi connectivity index (χ4n) is 1.46. The average molecular weight is 217 g/mol. The summed E-state index contributed by atoms with van der Waals surface area (Å²) in [6.45, 7) is 2.32. The van der Waals surface area contributed by atoms with E-state index in [1.165, 1.54) is 0 Å². The third kappa shape index (κ3) is 2.49. The molecule has 0 amide bonds. The van der Waals surface area contributed by atoms with Gasteiger partial charge in [-0.15, -0.1) is 0 Å². The fourth-order valence-corrected chi connectivity index (χ4v) is 1.46. The van der Waals surface area contributed by atoms with Crippen LogP contribution in [0, 0.1) is 0 Å². The summed E-state index contributed by atoms with van der Waals surface area (Å²) in [6, 6.07) is 9.96. The van der Waals surface area contributed by atoms with Crippen LogP contribution >= 0.6 is 0 Å². The highest BCUT2D eigenvalue weighted by Gasteiger charge is 2.29. The van der Waals surface area contributed by atoms with Gasteiger partial charge in [0, 0.05) is 6.08 Å². The SMILES string of the molecule is CC1(CO)COC(C=Cc2ccccc2)=N1. The molecule has 1 aliphatic rings. The van der Waals surface area contributed by atoms with Gasteiger partial charge in [0.1, 0.15) is 12.1 Å². The van der Waals surface area contributed by atoms with Gasteiger partial charge in [-0.25, -0.2) is 4.99 Å². The molecule has 0 aromatic heterocycles. The normalized spacial score (nSPS) is 24.5. The van der Waals surface area contributed by atoms with Crippen LogP contribution in [0.2, 0.25) is 0 Å². The van der Waals surface area contributed by atoms with E-state index in [2.05, 4.69) is 4.99 Å². The van der Waals surface area contributed by atoms with E-state index in [4.69, 9.17) is 9.84 Å². The van der Waals surface area contributed by atoms with Crippen LogP contribution in [-0.2, 0) is 4.74 Å². The molecule has 84 valence electrons. The first-order valence-corrected chi connectivity index (χ1v) is 5.28. The first kappa shape index (κ1) is 10.9. The van der Waals surface area contributed by atoms with Crippen LogP contribution in [0.4, 0.5) is 0 Å². The number of aliphatic imine (C=N–C) groups is 1. The quantitative estimate of drug-likeness (QED) is 0.840. The van der Waals surface area contributed by atoms with Gasteiger partial charge in [-0.1, -0.05) is 30.3 Å². The van der Waals surface area contributed by atoms with Crippen LogP contribution in [0.15, 0.2) is 41.4 Å². The molecule has 1 heterocycles. The lowest BCUT2D eigenvalue weighted by atomic mass is 10.1. The number of aliphatic hydroxyl groups is 1. The molecule has 1 N–H and O–H groups in total. The lowest BCUT2D eigenvalue weighted by Crippen LogP contribution is -2.28. The van der Waals surface area contributed by atoms with E-state index in [0.717, 1.165) is 5.56 Å². The van der Waals surface area contributed by atoms with Crippen LogP contribution in [0.5, 0.6) is 0 Å². The predicted octanol–water partition coefficient (Wildman–Crippen LogP) is 1.88. The molecule has 0 aliphatic carbocycles. The molecule has 3 nitrogen and oxygen atoms in total. The third-order valence-electron chi connectivity index (χ3n) is 2.47. The molecule has 2 rings (SSSR count). The number of ether oxygens (including phenoxy) is 1. The van der Waals surface area contributed by atoms with Crippen LogP contribution in [-0.4, -0.2) is 29.8 Å². The van der Waals surface area contributed by atoms with Gasteiger partial charge in [-0.3, -0.25) is 0 Å². The van der Waals surface area contributed by atoms with Crippen molar-refractivity contribution in [3.8, 4) is 0 Å². The van der Waals surface area contributed by atoms with Gasteiger partial charge in [0.05, 0.1) is 6.61 Å². The fraction of sp³-hybridized carbons (Fsp3) is 0.308. The minimum Gasteiger partial charge on any atom is -0.475 e. The number of aliphatic hydroxyl groups excluding tert-OH is 1. The minimum atomic E-state index is -0.476. The molecule has 0 fully saturated rings. The van der Waals surface area contributed by atoms with Crippen LogP contribution < -0.4 is 0 Å². The van der Waals surface area contributed by atoms with Crippen LogP contribution in [0.3, 0.4) is 0 Å². The summed E-state index contributed by atoms with van der Waals surface area (Å²) in [5.74, 6) is 0.584. The van der Waals surface area contributed by atoms with Crippen molar-refractivity contribution in [2.75, 3.05) is 13.2 Å². The first-order valence-electron chi connectivity index (χ1n) is 5.28. The van der Waals surface area contributed by atoms with Crippen molar-refractivity contribution < 1.29 is 9.84 Å². The number of hydrogen-bond donors (Lipinski definition) is 1. The molecule has 0 saturated carbocycles. The number of nitrogens with zero attached hydrogens (tertiary/aromatic N) is 1. The smallest absolute Gasteiger partial charge is 0.209 e. The Kier molecular flexibility index (Phi) is 3.06. The standard InChI is InChI=1S/C13H15NO2/c1-13(9-15)10-16-12(14-13)8-7-11-5-3-2-4-6-11/h2-8,15H,9-10H2,1H3. The summed E-state index contributed by atoms with van der Waals surface area (Å²) < 4.78 is 5.38. The summed E-state index contributed by atoms with van der Waals surface area (Å²) >= 11 is 0. The molecule has 0 radical (unpaired) electrons. The molecular weight excluding hydrogens is 202 g/mol. The Morgan fingerprint density at radius 2 is 2.12 bits per heavy atom. The first-order chi connectivity index (χ1) is 7.72. The molecule has 0 spiro atoms. The Morgan fingerprint density at radius 3 is 2.75 bits per heavy atom. The second-order valence-electron chi connectivity index (χ2n) is 4.14. The summed E-state index contributed by atoms with van der Waals surface area (Å²) in [7, 11) is 0. The molecule has 1 aliphatic heterocycles. The van der Waals surface area contributed by atoms with Gasteiger partial charge < -0.3 is 9.84 Å². The molecule has 16 heavy (non-hydrogen) atoms. The highest BCUT2D eigenvalue weighted by molar-refractivity contribution is 5.93. The summed E-state index contributed by atoms with van der Waals surface area (Å²) in [4.78, 5) is 4.31. The monoisotopic (exact) mass is 217 g/mol. The highest BCUT2D eigenvalue weighted by atomic mass is 16.5. The molecular formula is C13H15NO2. The van der Waals surface area contributed by atoms with E-state index in [9.17, 15) is 0 Å². The Hall–Kier alpha value is -1.61. The average Bonchev–Trinajstić information content (AvgIpc) is 2.71. The van der Waals surface area contributed by atoms with E-state index in [0.29, 0.717) is 12.5 Å². The zero-order chi connectivity index (χ0) is 11.4. The van der Waals surface area contributed by atoms with Gasteiger partial charge in [0.15, 0.2) is 0 Å². The second kappa shape index (κ2) is 4.49. The predicted molar refractivity (Wildman–Crippen MR) is 64.4 cm³/mol. The van der Waals surface area contributed by atoms with Crippen molar-refractivity contribution in [1.82, 2.24) is 0 Å². The van der Waals surface area contributed by atoms with E-state index in [1.54, 1.807) is 0 Å². The maximum Gasteiger partial charge on any atom is 0.209 e. The van der Waals surface area contributed by atoms with Crippen molar-refractivity contribution in [2.24, 2.45) is 4.99 Å². The number of rotatable bonds is 3. The highest BCUT2D eigenvalue weighted by Crippen LogP contribution is 2.18. The topological polar surface area (TPSA) is 41.8 Å². The Bertz CT molecular complexity index is 411. The maximum atomic E-state index is 9.12. The van der Waals surface area contributed by atoms with Crippen LogP contribution in [0.25, 0.3) is 6.08 Å². The van der Waals surface area contributed by atoms with Crippen molar-refractivity contribution in [3.63, 3.8) is 0 Å². The molecule has 1 unspecified atom stereocenters. The van der Waals surface area contributed by atoms with Crippen molar-refractivity contribution in [1.29, 1.82) is 0 Å². The van der Waals surface area contributed by atoms with Gasteiger partial charge in [0.25, 0.3) is 0 Å². The molecule has 0 saturated heterocycles. The summed E-state index contributed by atoms with van der Waals surface area (Å²) in [6.07, 6.45) is 3.78. The van der Waals surface area contributed by atoms with Gasteiger partial charge in [-0.05, 0) is 18.6 Å². The van der Waals surface area contributed by atoms with E-state index >= 15 is 0 Å². The molecule has 1 atom stereocenters. The zero-order valence-electron chi connectivity index (χ0n) is 9.26. The summed E-state index contributed by atoms with van der Waals surface area (Å²) in [5.41, 5.74) is 0.627. The summed E-state index contributed by atoms with van der Waals surface area (Å²) in [5, 5.41) is 9.12. The zero-order valence-corrected chi connectivity index (χ0v) is 9.26. The van der Waals surface area contributed by atoms with E-state index < -0.39 is 5.54 Å². The molecule has 3 heteroatoms. The lowest BCUT2D eigenvalue weighted by Gasteiger charge is -2.12. The van der Waals surface area contributed by atoms with Crippen molar-refractivity contribution in [3.05, 3.63) is 42.0 Å². The van der Waals surface area contributed by atoms with E-state index in [-0.39, 0.29) is 6.61 Å². The lowest BCUT2D eigenvalue weighted by molar-refractivity contribution is 0.170. The van der Waals surface area contributed by atoms with Crippen LogP contribution in [0.1, 0.15) is 12.5 Å². The Labute approximate surface area is 95.1 Å². The molecule has 1 aromatic rings. The largest absolute Gasteiger partial charge is 0.475 e. The minimum absolute atomic E-state index is 0.00960.